The SMILES string of the molecule is Cc1nn(-c2ccc(F)cc2)c(C)c1CC(=O)N(C)C(C)c1ccc(S(C)(=O)=O)cc1. The van der Waals surface area contributed by atoms with Crippen LogP contribution in [0.2, 0.25) is 0 Å². The van der Waals surface area contributed by atoms with Crippen molar-refractivity contribution < 1.29 is 17.6 Å². The Kier molecular flexibility index (Phi) is 6.31. The van der Waals surface area contributed by atoms with Crippen LogP contribution >= 0.6 is 0 Å². The molecule has 0 saturated heterocycles. The fourth-order valence-electron chi connectivity index (χ4n) is 3.47. The number of benzene rings is 2. The van der Waals surface area contributed by atoms with E-state index < -0.39 is 9.84 Å². The molecular formula is C23H26FN3O3S. The summed E-state index contributed by atoms with van der Waals surface area (Å²) in [6, 6.07) is 12.4. The molecule has 1 amide bonds. The second kappa shape index (κ2) is 8.63. The van der Waals surface area contributed by atoms with Gasteiger partial charge in [-0.15, -0.1) is 0 Å². The van der Waals surface area contributed by atoms with Gasteiger partial charge in [0.25, 0.3) is 0 Å². The van der Waals surface area contributed by atoms with Gasteiger partial charge in [0, 0.05) is 24.6 Å². The Labute approximate surface area is 182 Å². The lowest BCUT2D eigenvalue weighted by molar-refractivity contribution is -0.131. The maximum absolute atomic E-state index is 13.2. The average molecular weight is 444 g/mol. The highest BCUT2D eigenvalue weighted by molar-refractivity contribution is 7.90. The van der Waals surface area contributed by atoms with Crippen molar-refractivity contribution in [2.45, 2.75) is 38.1 Å². The molecule has 1 atom stereocenters. The lowest BCUT2D eigenvalue weighted by atomic mass is 10.1. The average Bonchev–Trinajstić information content (AvgIpc) is 3.01. The van der Waals surface area contributed by atoms with E-state index in [-0.39, 0.29) is 29.1 Å². The third-order valence-corrected chi connectivity index (χ3v) is 6.73. The Balaban J connectivity index is 1.78. The van der Waals surface area contributed by atoms with Crippen LogP contribution in [0.4, 0.5) is 4.39 Å². The zero-order valence-electron chi connectivity index (χ0n) is 18.3. The van der Waals surface area contributed by atoms with E-state index in [0.29, 0.717) is 0 Å². The fourth-order valence-corrected chi connectivity index (χ4v) is 4.10. The molecule has 2 aromatic carbocycles. The Bertz CT molecular complexity index is 1200. The van der Waals surface area contributed by atoms with Crippen molar-refractivity contribution >= 4 is 15.7 Å². The molecule has 0 saturated carbocycles. The number of nitrogens with zero attached hydrogens (tertiary/aromatic N) is 3. The number of hydrogen-bond donors (Lipinski definition) is 0. The van der Waals surface area contributed by atoms with Crippen molar-refractivity contribution in [1.82, 2.24) is 14.7 Å². The van der Waals surface area contributed by atoms with E-state index in [1.54, 1.807) is 53.0 Å². The normalized spacial score (nSPS) is 12.6. The van der Waals surface area contributed by atoms with Gasteiger partial charge in [0.05, 0.1) is 28.7 Å². The van der Waals surface area contributed by atoms with Crippen LogP contribution < -0.4 is 0 Å². The molecule has 0 bridgehead atoms. The second-order valence-electron chi connectivity index (χ2n) is 7.74. The first-order valence-electron chi connectivity index (χ1n) is 9.85. The molecule has 0 radical (unpaired) electrons. The molecule has 3 rings (SSSR count). The molecule has 164 valence electrons. The van der Waals surface area contributed by atoms with E-state index in [0.717, 1.165) is 34.5 Å². The van der Waals surface area contributed by atoms with Crippen LogP contribution in [-0.2, 0) is 21.1 Å². The van der Waals surface area contributed by atoms with Crippen molar-refractivity contribution in [3.8, 4) is 5.69 Å². The van der Waals surface area contributed by atoms with E-state index in [1.165, 1.54) is 12.1 Å². The molecule has 0 N–H and O–H groups in total. The number of hydrogen-bond acceptors (Lipinski definition) is 4. The summed E-state index contributed by atoms with van der Waals surface area (Å²) >= 11 is 0. The van der Waals surface area contributed by atoms with Gasteiger partial charge in [-0.3, -0.25) is 4.79 Å². The van der Waals surface area contributed by atoms with Gasteiger partial charge < -0.3 is 4.90 Å². The van der Waals surface area contributed by atoms with Crippen molar-refractivity contribution in [3.05, 3.63) is 76.9 Å². The summed E-state index contributed by atoms with van der Waals surface area (Å²) in [6.45, 7) is 5.64. The van der Waals surface area contributed by atoms with Crippen LogP contribution in [0.15, 0.2) is 53.4 Å². The quantitative estimate of drug-likeness (QED) is 0.581. The molecule has 6 nitrogen and oxygen atoms in total. The number of amides is 1. The van der Waals surface area contributed by atoms with E-state index >= 15 is 0 Å². The molecule has 0 aliphatic carbocycles. The Morgan fingerprint density at radius 2 is 1.68 bits per heavy atom. The van der Waals surface area contributed by atoms with Crippen LogP contribution in [0.3, 0.4) is 0 Å². The van der Waals surface area contributed by atoms with Gasteiger partial charge in [0.2, 0.25) is 5.91 Å². The summed E-state index contributed by atoms with van der Waals surface area (Å²) in [7, 11) is -1.54. The number of carbonyl (C=O) groups is 1. The number of aromatic nitrogens is 2. The minimum atomic E-state index is -3.27. The lowest BCUT2D eigenvalue weighted by Gasteiger charge is -2.25. The molecule has 1 unspecified atom stereocenters. The highest BCUT2D eigenvalue weighted by Gasteiger charge is 2.22. The van der Waals surface area contributed by atoms with E-state index in [1.807, 2.05) is 20.8 Å². The zero-order chi connectivity index (χ0) is 22.9. The van der Waals surface area contributed by atoms with Crippen LogP contribution in [0.1, 0.15) is 35.5 Å². The molecule has 1 aromatic heterocycles. The maximum Gasteiger partial charge on any atom is 0.227 e. The molecule has 8 heteroatoms. The van der Waals surface area contributed by atoms with Crippen LogP contribution in [0, 0.1) is 19.7 Å². The van der Waals surface area contributed by atoms with Crippen molar-refractivity contribution in [2.24, 2.45) is 0 Å². The Hall–Kier alpha value is -3.00. The standard InChI is InChI=1S/C23H26FN3O3S/c1-15-22(17(3)27(25-15)20-10-8-19(24)9-11-20)14-23(28)26(4)16(2)18-6-12-21(13-7-18)31(5,29)30/h6-13,16H,14H2,1-5H3. The summed E-state index contributed by atoms with van der Waals surface area (Å²) in [5.41, 5.74) is 3.98. The number of likely N-dealkylation sites (N-methyl/N-ethyl adjacent to an activating group) is 1. The van der Waals surface area contributed by atoms with E-state index in [2.05, 4.69) is 5.10 Å². The van der Waals surface area contributed by atoms with E-state index in [4.69, 9.17) is 0 Å². The lowest BCUT2D eigenvalue weighted by Crippen LogP contribution is -2.31. The molecule has 0 spiro atoms. The number of rotatable bonds is 6. The third-order valence-electron chi connectivity index (χ3n) is 5.61. The van der Waals surface area contributed by atoms with Gasteiger partial charge in [0.1, 0.15) is 5.82 Å². The maximum atomic E-state index is 13.2. The van der Waals surface area contributed by atoms with Gasteiger partial charge in [0.15, 0.2) is 9.84 Å². The summed E-state index contributed by atoms with van der Waals surface area (Å²) in [4.78, 5) is 14.9. The topological polar surface area (TPSA) is 72.3 Å². The fraction of sp³-hybridized carbons (Fsp3) is 0.304. The molecule has 0 fully saturated rings. The summed E-state index contributed by atoms with van der Waals surface area (Å²) in [6.07, 6.45) is 1.35. The summed E-state index contributed by atoms with van der Waals surface area (Å²) in [5, 5.41) is 4.52. The second-order valence-corrected chi connectivity index (χ2v) is 9.75. The first kappa shape index (κ1) is 22.7. The highest BCUT2D eigenvalue weighted by Crippen LogP contribution is 2.24. The van der Waals surface area contributed by atoms with Crippen molar-refractivity contribution in [1.29, 1.82) is 0 Å². The van der Waals surface area contributed by atoms with E-state index in [9.17, 15) is 17.6 Å². The number of carbonyl (C=O) groups excluding carboxylic acids is 1. The van der Waals surface area contributed by atoms with Crippen LogP contribution in [-0.4, -0.2) is 42.3 Å². The zero-order valence-corrected chi connectivity index (χ0v) is 19.1. The van der Waals surface area contributed by atoms with Gasteiger partial charge in [-0.2, -0.15) is 5.10 Å². The largest absolute Gasteiger partial charge is 0.339 e. The molecule has 1 heterocycles. The predicted molar refractivity (Wildman–Crippen MR) is 117 cm³/mol. The van der Waals surface area contributed by atoms with Gasteiger partial charge in [-0.1, -0.05) is 12.1 Å². The number of halogens is 1. The minimum Gasteiger partial charge on any atom is -0.339 e. The monoisotopic (exact) mass is 443 g/mol. The van der Waals surface area contributed by atoms with Crippen LogP contribution in [0.5, 0.6) is 0 Å². The summed E-state index contributed by atoms with van der Waals surface area (Å²) < 4.78 is 38.3. The molecule has 3 aromatic rings. The minimum absolute atomic E-state index is 0.0791. The Morgan fingerprint density at radius 3 is 2.23 bits per heavy atom. The highest BCUT2D eigenvalue weighted by atomic mass is 32.2. The third kappa shape index (κ3) is 4.85. The molecule has 31 heavy (non-hydrogen) atoms. The molecule has 0 aliphatic rings. The predicted octanol–water partition coefficient (Wildman–Crippen LogP) is 3.79. The van der Waals surface area contributed by atoms with Crippen LogP contribution in [0.25, 0.3) is 5.69 Å². The van der Waals surface area contributed by atoms with Gasteiger partial charge >= 0.3 is 0 Å². The smallest absolute Gasteiger partial charge is 0.227 e. The van der Waals surface area contributed by atoms with Gasteiger partial charge in [-0.05, 0) is 62.7 Å². The number of sulfone groups is 1. The van der Waals surface area contributed by atoms with Crippen molar-refractivity contribution in [3.63, 3.8) is 0 Å². The summed E-state index contributed by atoms with van der Waals surface area (Å²) in [5.74, 6) is -0.398. The first-order chi connectivity index (χ1) is 14.5. The molecular weight excluding hydrogens is 417 g/mol. The first-order valence-corrected chi connectivity index (χ1v) is 11.7. The Morgan fingerprint density at radius 1 is 1.10 bits per heavy atom. The molecule has 0 aliphatic heterocycles. The van der Waals surface area contributed by atoms with Crippen molar-refractivity contribution in [2.75, 3.05) is 13.3 Å². The number of aryl methyl sites for hydroxylation is 1. The van der Waals surface area contributed by atoms with Gasteiger partial charge in [-0.25, -0.2) is 17.5 Å².